The molecule has 5 heteroatoms. The Balaban J connectivity index is 2.98. The first-order valence-corrected chi connectivity index (χ1v) is 6.01. The second kappa shape index (κ2) is 5.93. The SMILES string of the molecule is COc1cc(C)c(CNC(C)(C)C(=O)O)c(OC)c1. The summed E-state index contributed by atoms with van der Waals surface area (Å²) in [4.78, 5) is 11.1. The average molecular weight is 267 g/mol. The van der Waals surface area contributed by atoms with Crippen molar-refractivity contribution >= 4 is 5.97 Å². The summed E-state index contributed by atoms with van der Waals surface area (Å²) >= 11 is 0. The van der Waals surface area contributed by atoms with E-state index in [1.54, 1.807) is 34.1 Å². The number of ether oxygens (including phenoxy) is 2. The Bertz CT molecular complexity index is 469. The van der Waals surface area contributed by atoms with Gasteiger partial charge in [0.15, 0.2) is 0 Å². The number of aryl methyl sites for hydroxylation is 1. The maximum Gasteiger partial charge on any atom is 0.323 e. The van der Waals surface area contributed by atoms with Crippen LogP contribution in [0.15, 0.2) is 12.1 Å². The Morgan fingerprint density at radius 3 is 2.42 bits per heavy atom. The molecule has 0 aromatic heterocycles. The van der Waals surface area contributed by atoms with Gasteiger partial charge in [0.2, 0.25) is 0 Å². The van der Waals surface area contributed by atoms with Gasteiger partial charge in [-0.25, -0.2) is 0 Å². The van der Waals surface area contributed by atoms with Crippen LogP contribution in [-0.2, 0) is 11.3 Å². The van der Waals surface area contributed by atoms with Gasteiger partial charge in [0, 0.05) is 18.2 Å². The van der Waals surface area contributed by atoms with Gasteiger partial charge in [0.25, 0.3) is 0 Å². The van der Waals surface area contributed by atoms with Gasteiger partial charge < -0.3 is 14.6 Å². The molecule has 0 atom stereocenters. The number of hydrogen-bond donors (Lipinski definition) is 2. The van der Waals surface area contributed by atoms with Crippen LogP contribution in [0.5, 0.6) is 11.5 Å². The van der Waals surface area contributed by atoms with Crippen LogP contribution in [-0.4, -0.2) is 30.8 Å². The number of aliphatic carboxylic acids is 1. The van der Waals surface area contributed by atoms with Crippen molar-refractivity contribution in [3.8, 4) is 11.5 Å². The van der Waals surface area contributed by atoms with Crippen molar-refractivity contribution in [2.24, 2.45) is 0 Å². The molecule has 0 heterocycles. The molecule has 0 saturated heterocycles. The van der Waals surface area contributed by atoms with E-state index in [1.165, 1.54) is 0 Å². The van der Waals surface area contributed by atoms with E-state index in [1.807, 2.05) is 13.0 Å². The Kier molecular flexibility index (Phi) is 4.78. The number of nitrogens with one attached hydrogen (secondary N) is 1. The fourth-order valence-corrected chi connectivity index (χ4v) is 1.66. The molecule has 1 aromatic carbocycles. The van der Waals surface area contributed by atoms with Crippen molar-refractivity contribution < 1.29 is 19.4 Å². The van der Waals surface area contributed by atoms with E-state index in [0.29, 0.717) is 12.3 Å². The molecule has 0 radical (unpaired) electrons. The third-order valence-electron chi connectivity index (χ3n) is 3.10. The summed E-state index contributed by atoms with van der Waals surface area (Å²) in [5.74, 6) is 0.513. The predicted molar refractivity (Wildman–Crippen MR) is 72.8 cm³/mol. The van der Waals surface area contributed by atoms with Crippen LogP contribution in [0.4, 0.5) is 0 Å². The minimum Gasteiger partial charge on any atom is -0.497 e. The molecule has 1 rings (SSSR count). The highest BCUT2D eigenvalue weighted by Crippen LogP contribution is 2.28. The second-order valence-electron chi connectivity index (χ2n) is 4.91. The van der Waals surface area contributed by atoms with Gasteiger partial charge in [-0.2, -0.15) is 0 Å². The first kappa shape index (κ1) is 15.3. The molecule has 2 N–H and O–H groups in total. The zero-order chi connectivity index (χ0) is 14.6. The fraction of sp³-hybridized carbons (Fsp3) is 0.500. The zero-order valence-electron chi connectivity index (χ0n) is 12.0. The molecule has 106 valence electrons. The van der Waals surface area contributed by atoms with Gasteiger partial charge in [-0.05, 0) is 32.4 Å². The largest absolute Gasteiger partial charge is 0.497 e. The smallest absolute Gasteiger partial charge is 0.323 e. The lowest BCUT2D eigenvalue weighted by Gasteiger charge is -2.23. The van der Waals surface area contributed by atoms with E-state index in [-0.39, 0.29) is 0 Å². The normalized spacial score (nSPS) is 11.2. The number of rotatable bonds is 6. The van der Waals surface area contributed by atoms with Crippen molar-refractivity contribution in [2.45, 2.75) is 32.9 Å². The van der Waals surface area contributed by atoms with Gasteiger partial charge in [-0.1, -0.05) is 0 Å². The Morgan fingerprint density at radius 1 is 1.32 bits per heavy atom. The highest BCUT2D eigenvalue weighted by atomic mass is 16.5. The molecule has 0 unspecified atom stereocenters. The zero-order valence-corrected chi connectivity index (χ0v) is 12.0. The van der Waals surface area contributed by atoms with Crippen molar-refractivity contribution in [3.63, 3.8) is 0 Å². The van der Waals surface area contributed by atoms with E-state index in [4.69, 9.17) is 14.6 Å². The van der Waals surface area contributed by atoms with Crippen molar-refractivity contribution in [3.05, 3.63) is 23.3 Å². The van der Waals surface area contributed by atoms with Crippen LogP contribution >= 0.6 is 0 Å². The van der Waals surface area contributed by atoms with Gasteiger partial charge in [-0.15, -0.1) is 0 Å². The minimum atomic E-state index is -0.989. The number of hydrogen-bond acceptors (Lipinski definition) is 4. The van der Waals surface area contributed by atoms with E-state index in [2.05, 4.69) is 5.32 Å². The molecule has 5 nitrogen and oxygen atoms in total. The summed E-state index contributed by atoms with van der Waals surface area (Å²) in [5, 5.41) is 12.1. The highest BCUT2D eigenvalue weighted by Gasteiger charge is 2.26. The van der Waals surface area contributed by atoms with Gasteiger partial charge >= 0.3 is 5.97 Å². The number of carboxylic acids is 1. The van der Waals surface area contributed by atoms with Crippen LogP contribution in [0.3, 0.4) is 0 Å². The molecule has 0 bridgehead atoms. The molecule has 0 saturated carbocycles. The molecule has 0 aliphatic carbocycles. The summed E-state index contributed by atoms with van der Waals surface area (Å²) in [6.45, 7) is 5.61. The monoisotopic (exact) mass is 267 g/mol. The Hall–Kier alpha value is -1.75. The van der Waals surface area contributed by atoms with E-state index < -0.39 is 11.5 Å². The number of methoxy groups -OCH3 is 2. The Morgan fingerprint density at radius 2 is 1.95 bits per heavy atom. The van der Waals surface area contributed by atoms with Crippen LogP contribution in [0.1, 0.15) is 25.0 Å². The minimum absolute atomic E-state index is 0.415. The molecule has 1 aromatic rings. The van der Waals surface area contributed by atoms with Crippen LogP contribution < -0.4 is 14.8 Å². The maximum absolute atomic E-state index is 11.1. The van der Waals surface area contributed by atoms with E-state index in [0.717, 1.165) is 16.9 Å². The fourth-order valence-electron chi connectivity index (χ4n) is 1.66. The predicted octanol–water partition coefficient (Wildman–Crippen LogP) is 1.97. The van der Waals surface area contributed by atoms with Crippen molar-refractivity contribution in [2.75, 3.05) is 14.2 Å². The summed E-state index contributed by atoms with van der Waals surface area (Å²) in [5.41, 5.74) is 0.930. The maximum atomic E-state index is 11.1. The van der Waals surface area contributed by atoms with Crippen LogP contribution in [0, 0.1) is 6.92 Å². The lowest BCUT2D eigenvalue weighted by atomic mass is 10.0. The van der Waals surface area contributed by atoms with Crippen molar-refractivity contribution in [1.29, 1.82) is 0 Å². The number of benzene rings is 1. The average Bonchev–Trinajstić information content (AvgIpc) is 2.36. The summed E-state index contributed by atoms with van der Waals surface area (Å²) in [6, 6.07) is 3.69. The first-order valence-electron chi connectivity index (χ1n) is 6.01. The van der Waals surface area contributed by atoms with E-state index >= 15 is 0 Å². The Labute approximate surface area is 113 Å². The molecular formula is C14H21NO4. The van der Waals surface area contributed by atoms with Crippen LogP contribution in [0.25, 0.3) is 0 Å². The lowest BCUT2D eigenvalue weighted by molar-refractivity contribution is -0.143. The standard InChI is InChI=1S/C14H21NO4/c1-9-6-10(18-4)7-12(19-5)11(9)8-15-14(2,3)13(16)17/h6-7,15H,8H2,1-5H3,(H,16,17). The number of carboxylic acid groups (broad SMARTS) is 1. The molecule has 0 aliphatic heterocycles. The third-order valence-corrected chi connectivity index (χ3v) is 3.10. The quantitative estimate of drug-likeness (QED) is 0.824. The second-order valence-corrected chi connectivity index (χ2v) is 4.91. The van der Waals surface area contributed by atoms with E-state index in [9.17, 15) is 4.79 Å². The molecule has 19 heavy (non-hydrogen) atoms. The molecule has 0 spiro atoms. The third kappa shape index (κ3) is 3.61. The highest BCUT2D eigenvalue weighted by molar-refractivity contribution is 5.77. The van der Waals surface area contributed by atoms with Crippen molar-refractivity contribution in [1.82, 2.24) is 5.32 Å². The van der Waals surface area contributed by atoms with Gasteiger partial charge in [0.1, 0.15) is 17.0 Å². The number of carbonyl (C=O) groups is 1. The summed E-state index contributed by atoms with van der Waals surface area (Å²) < 4.78 is 10.5. The topological polar surface area (TPSA) is 67.8 Å². The molecular weight excluding hydrogens is 246 g/mol. The summed E-state index contributed by atoms with van der Waals surface area (Å²) in [6.07, 6.45) is 0. The van der Waals surface area contributed by atoms with Gasteiger partial charge in [-0.3, -0.25) is 10.1 Å². The lowest BCUT2D eigenvalue weighted by Crippen LogP contribution is -2.46. The first-order chi connectivity index (χ1) is 8.81. The molecule has 0 aliphatic rings. The van der Waals surface area contributed by atoms with Crippen LogP contribution in [0.2, 0.25) is 0 Å². The molecule has 0 fully saturated rings. The summed E-state index contributed by atoms with van der Waals surface area (Å²) in [7, 11) is 3.18. The van der Waals surface area contributed by atoms with Gasteiger partial charge in [0.05, 0.1) is 14.2 Å². The molecule has 0 amide bonds.